The van der Waals surface area contributed by atoms with Gasteiger partial charge in [-0.2, -0.15) is 0 Å². The minimum Gasteiger partial charge on any atom is -0.489 e. The van der Waals surface area contributed by atoms with Crippen LogP contribution in [0, 0.1) is 5.82 Å². The molecule has 2 amide bonds. The third kappa shape index (κ3) is 4.87. The second-order valence-corrected chi connectivity index (χ2v) is 6.87. The largest absolute Gasteiger partial charge is 0.489 e. The predicted molar refractivity (Wildman–Crippen MR) is 116 cm³/mol. The molecule has 0 radical (unpaired) electrons. The Kier molecular flexibility index (Phi) is 5.89. The average molecular weight is 414 g/mol. The summed E-state index contributed by atoms with van der Waals surface area (Å²) in [5.41, 5.74) is 6.30. The quantitative estimate of drug-likeness (QED) is 0.468. The van der Waals surface area contributed by atoms with Gasteiger partial charge in [0.2, 0.25) is 0 Å². The number of fused-ring (bicyclic) bond motifs is 1. The Balaban J connectivity index is 1.33. The fourth-order valence-electron chi connectivity index (χ4n) is 3.14. The molecule has 0 heterocycles. The molecule has 0 unspecified atom stereocenters. The first kappa shape index (κ1) is 20.1. The number of amides is 2. The van der Waals surface area contributed by atoms with Crippen LogP contribution in [0.3, 0.4) is 0 Å². The van der Waals surface area contributed by atoms with Crippen molar-refractivity contribution in [2.24, 2.45) is 0 Å². The maximum Gasteiger partial charge on any atom is 0.269 e. The molecule has 154 valence electrons. The van der Waals surface area contributed by atoms with Crippen molar-refractivity contribution < 1.29 is 18.7 Å². The van der Waals surface area contributed by atoms with Crippen LogP contribution in [-0.2, 0) is 6.61 Å². The highest BCUT2D eigenvalue weighted by Gasteiger charge is 2.10. The van der Waals surface area contributed by atoms with Crippen LogP contribution in [0.4, 0.5) is 4.39 Å². The number of halogens is 1. The molecule has 31 heavy (non-hydrogen) atoms. The minimum atomic E-state index is -0.539. The highest BCUT2D eigenvalue weighted by atomic mass is 19.1. The highest BCUT2D eigenvalue weighted by molar-refractivity contribution is 5.99. The molecule has 0 aliphatic carbocycles. The lowest BCUT2D eigenvalue weighted by atomic mass is 10.1. The summed E-state index contributed by atoms with van der Waals surface area (Å²) in [5.74, 6) is -0.831. The highest BCUT2D eigenvalue weighted by Crippen LogP contribution is 2.21. The number of hydrogen-bond acceptors (Lipinski definition) is 3. The Morgan fingerprint density at radius 3 is 1.97 bits per heavy atom. The van der Waals surface area contributed by atoms with Gasteiger partial charge in [-0.25, -0.2) is 4.39 Å². The smallest absolute Gasteiger partial charge is 0.269 e. The number of hydrogen-bond donors (Lipinski definition) is 2. The first-order valence-electron chi connectivity index (χ1n) is 9.66. The van der Waals surface area contributed by atoms with E-state index >= 15 is 0 Å². The van der Waals surface area contributed by atoms with E-state index in [1.54, 1.807) is 24.3 Å². The van der Waals surface area contributed by atoms with E-state index in [0.717, 1.165) is 16.3 Å². The minimum absolute atomic E-state index is 0.235. The van der Waals surface area contributed by atoms with E-state index in [4.69, 9.17) is 4.74 Å². The summed E-state index contributed by atoms with van der Waals surface area (Å²) < 4.78 is 18.8. The SMILES string of the molecule is O=C(NNC(=O)c1ccc(OCc2cccc3ccccc23)cc1)c1ccc(F)cc1. The van der Waals surface area contributed by atoms with Crippen molar-refractivity contribution in [3.63, 3.8) is 0 Å². The fourth-order valence-corrected chi connectivity index (χ4v) is 3.14. The average Bonchev–Trinajstić information content (AvgIpc) is 2.81. The van der Waals surface area contributed by atoms with Crippen LogP contribution in [0.1, 0.15) is 26.3 Å². The zero-order valence-electron chi connectivity index (χ0n) is 16.5. The van der Waals surface area contributed by atoms with Crippen LogP contribution < -0.4 is 15.6 Å². The van der Waals surface area contributed by atoms with Crippen molar-refractivity contribution in [1.29, 1.82) is 0 Å². The molecule has 5 nitrogen and oxygen atoms in total. The van der Waals surface area contributed by atoms with Gasteiger partial charge < -0.3 is 4.74 Å². The molecule has 0 spiro atoms. The molecule has 0 fully saturated rings. The summed E-state index contributed by atoms with van der Waals surface area (Å²) in [6, 6.07) is 25.8. The van der Waals surface area contributed by atoms with Crippen molar-refractivity contribution in [2.45, 2.75) is 6.61 Å². The van der Waals surface area contributed by atoms with Crippen LogP contribution in [0.25, 0.3) is 10.8 Å². The molecule has 0 aromatic heterocycles. The number of benzene rings is 4. The van der Waals surface area contributed by atoms with E-state index in [1.165, 1.54) is 24.3 Å². The summed E-state index contributed by atoms with van der Waals surface area (Å²) in [7, 11) is 0. The normalized spacial score (nSPS) is 10.5. The fraction of sp³-hybridized carbons (Fsp3) is 0.0400. The summed E-state index contributed by atoms with van der Waals surface area (Å²) >= 11 is 0. The van der Waals surface area contributed by atoms with Gasteiger partial charge in [0.05, 0.1) is 0 Å². The number of rotatable bonds is 5. The van der Waals surface area contributed by atoms with Crippen LogP contribution in [0.5, 0.6) is 5.75 Å². The van der Waals surface area contributed by atoms with Gasteiger partial charge in [-0.15, -0.1) is 0 Å². The number of carbonyl (C=O) groups is 2. The lowest BCUT2D eigenvalue weighted by molar-refractivity contribution is 0.0846. The number of ether oxygens (including phenoxy) is 1. The standard InChI is InChI=1S/C25H19FN2O3/c26-21-12-8-18(9-13-21)24(29)27-28-25(30)19-10-14-22(15-11-19)31-16-20-6-3-5-17-4-1-2-7-23(17)20/h1-15H,16H2,(H,27,29)(H,28,30). The Morgan fingerprint density at radius 2 is 1.29 bits per heavy atom. The Bertz CT molecular complexity index is 1220. The molecule has 0 bridgehead atoms. The summed E-state index contributed by atoms with van der Waals surface area (Å²) in [4.78, 5) is 24.2. The summed E-state index contributed by atoms with van der Waals surface area (Å²) in [6.45, 7) is 0.403. The van der Waals surface area contributed by atoms with Crippen LogP contribution in [-0.4, -0.2) is 11.8 Å². The van der Waals surface area contributed by atoms with Gasteiger partial charge in [-0.05, 0) is 64.9 Å². The molecular weight excluding hydrogens is 395 g/mol. The summed E-state index contributed by atoms with van der Waals surface area (Å²) in [5, 5.41) is 2.29. The van der Waals surface area contributed by atoms with Crippen LogP contribution in [0.15, 0.2) is 91.0 Å². The molecule has 0 aliphatic rings. The Labute approximate surface area is 178 Å². The molecule has 4 aromatic carbocycles. The molecular formula is C25H19FN2O3. The number of nitrogens with one attached hydrogen (secondary N) is 2. The molecule has 4 rings (SSSR count). The molecule has 4 aromatic rings. The van der Waals surface area contributed by atoms with Gasteiger partial charge in [-0.3, -0.25) is 20.4 Å². The monoisotopic (exact) mass is 414 g/mol. The zero-order valence-corrected chi connectivity index (χ0v) is 16.5. The van der Waals surface area contributed by atoms with Gasteiger partial charge in [0, 0.05) is 11.1 Å². The van der Waals surface area contributed by atoms with E-state index in [2.05, 4.69) is 29.1 Å². The van der Waals surface area contributed by atoms with Crippen molar-refractivity contribution in [3.05, 3.63) is 114 Å². The first-order valence-corrected chi connectivity index (χ1v) is 9.66. The van der Waals surface area contributed by atoms with Gasteiger partial charge in [0.25, 0.3) is 11.8 Å². The third-order valence-electron chi connectivity index (χ3n) is 4.79. The molecule has 0 aliphatic heterocycles. The molecule has 6 heteroatoms. The van der Waals surface area contributed by atoms with Gasteiger partial charge in [0.1, 0.15) is 18.2 Å². The molecule has 0 atom stereocenters. The molecule has 2 N–H and O–H groups in total. The van der Waals surface area contributed by atoms with Crippen molar-refractivity contribution in [2.75, 3.05) is 0 Å². The molecule has 0 saturated heterocycles. The van der Waals surface area contributed by atoms with Crippen LogP contribution in [0.2, 0.25) is 0 Å². The second kappa shape index (κ2) is 9.09. The Morgan fingerprint density at radius 1 is 0.710 bits per heavy atom. The van der Waals surface area contributed by atoms with Gasteiger partial charge >= 0.3 is 0 Å². The van der Waals surface area contributed by atoms with E-state index in [-0.39, 0.29) is 5.56 Å². The maximum absolute atomic E-state index is 12.9. The van der Waals surface area contributed by atoms with Crippen molar-refractivity contribution >= 4 is 22.6 Å². The van der Waals surface area contributed by atoms with Gasteiger partial charge in [0.15, 0.2) is 0 Å². The first-order chi connectivity index (χ1) is 15.1. The predicted octanol–water partition coefficient (Wildman–Crippen LogP) is 4.63. The lowest BCUT2D eigenvalue weighted by Gasteiger charge is -2.10. The van der Waals surface area contributed by atoms with Crippen LogP contribution >= 0.6 is 0 Å². The second-order valence-electron chi connectivity index (χ2n) is 6.87. The van der Waals surface area contributed by atoms with E-state index in [9.17, 15) is 14.0 Å². The number of carbonyl (C=O) groups excluding carboxylic acids is 2. The third-order valence-corrected chi connectivity index (χ3v) is 4.79. The van der Waals surface area contributed by atoms with Crippen molar-refractivity contribution in [1.82, 2.24) is 10.9 Å². The lowest BCUT2D eigenvalue weighted by Crippen LogP contribution is -2.41. The molecule has 0 saturated carbocycles. The van der Waals surface area contributed by atoms with E-state index < -0.39 is 17.6 Å². The van der Waals surface area contributed by atoms with E-state index in [1.807, 2.05) is 24.3 Å². The Hall–Kier alpha value is -4.19. The summed E-state index contributed by atoms with van der Waals surface area (Å²) in [6.07, 6.45) is 0. The maximum atomic E-state index is 12.9. The van der Waals surface area contributed by atoms with Crippen molar-refractivity contribution in [3.8, 4) is 5.75 Å². The van der Waals surface area contributed by atoms with Gasteiger partial charge in [-0.1, -0.05) is 42.5 Å². The number of hydrazine groups is 1. The topological polar surface area (TPSA) is 67.4 Å². The zero-order chi connectivity index (χ0) is 21.6. The van der Waals surface area contributed by atoms with E-state index in [0.29, 0.717) is 17.9 Å².